The van der Waals surface area contributed by atoms with Crippen LogP contribution in [0.4, 0.5) is 5.69 Å². The molecule has 0 heterocycles. The summed E-state index contributed by atoms with van der Waals surface area (Å²) in [5.74, 6) is -0.929. The van der Waals surface area contributed by atoms with Gasteiger partial charge in [-0.05, 0) is 66.9 Å². The summed E-state index contributed by atoms with van der Waals surface area (Å²) < 4.78 is 33.0. The first-order valence-corrected chi connectivity index (χ1v) is 13.5. The van der Waals surface area contributed by atoms with Crippen molar-refractivity contribution in [1.82, 2.24) is 4.31 Å². The number of carbonyl (C=O) groups is 2. The number of hydrogen-bond donors (Lipinski definition) is 1. The third-order valence-corrected chi connectivity index (χ3v) is 7.51. The van der Waals surface area contributed by atoms with E-state index in [1.54, 1.807) is 24.3 Å². The number of ether oxygens (including phenoxy) is 1. The summed E-state index contributed by atoms with van der Waals surface area (Å²) in [6.07, 6.45) is 2.16. The maximum Gasteiger partial charge on any atom is 0.338 e. The second kappa shape index (κ2) is 13.2. The largest absolute Gasteiger partial charge is 0.462 e. The molecular formula is C27H29ClN2O5S. The lowest BCUT2D eigenvalue weighted by Gasteiger charge is -2.22. The summed E-state index contributed by atoms with van der Waals surface area (Å²) in [4.78, 5) is 24.9. The lowest BCUT2D eigenvalue weighted by Crippen LogP contribution is -2.39. The number of rotatable bonds is 12. The third-order valence-electron chi connectivity index (χ3n) is 5.40. The molecular weight excluding hydrogens is 500 g/mol. The van der Waals surface area contributed by atoms with Crippen LogP contribution in [0.3, 0.4) is 0 Å². The van der Waals surface area contributed by atoms with E-state index in [0.717, 1.165) is 22.7 Å². The van der Waals surface area contributed by atoms with Gasteiger partial charge in [-0.3, -0.25) is 4.79 Å². The van der Waals surface area contributed by atoms with Crippen LogP contribution in [0.15, 0.2) is 83.8 Å². The predicted octanol–water partition coefficient (Wildman–Crippen LogP) is 5.17. The van der Waals surface area contributed by atoms with E-state index in [4.69, 9.17) is 16.3 Å². The Balaban J connectivity index is 1.70. The van der Waals surface area contributed by atoms with E-state index in [2.05, 4.69) is 5.32 Å². The molecule has 0 aromatic heterocycles. The minimum Gasteiger partial charge on any atom is -0.462 e. The second-order valence-corrected chi connectivity index (χ2v) is 10.5. The molecule has 0 radical (unpaired) electrons. The quantitative estimate of drug-likeness (QED) is 0.258. The van der Waals surface area contributed by atoms with Crippen molar-refractivity contribution < 1.29 is 22.7 Å². The summed E-state index contributed by atoms with van der Waals surface area (Å²) in [7, 11) is -3.95. The number of carbonyl (C=O) groups excluding carboxylic acids is 2. The molecule has 0 aliphatic rings. The topological polar surface area (TPSA) is 92.8 Å². The molecule has 9 heteroatoms. The maximum atomic E-state index is 13.3. The number of esters is 1. The molecule has 0 saturated heterocycles. The zero-order valence-electron chi connectivity index (χ0n) is 20.0. The van der Waals surface area contributed by atoms with Gasteiger partial charge in [-0.2, -0.15) is 4.31 Å². The number of sulfonamides is 1. The molecule has 0 aliphatic carbocycles. The molecule has 7 nitrogen and oxygen atoms in total. The van der Waals surface area contributed by atoms with Crippen molar-refractivity contribution >= 4 is 39.2 Å². The zero-order valence-corrected chi connectivity index (χ0v) is 21.6. The predicted molar refractivity (Wildman–Crippen MR) is 141 cm³/mol. The zero-order chi connectivity index (χ0) is 26.0. The van der Waals surface area contributed by atoms with Crippen LogP contribution >= 0.6 is 11.6 Å². The maximum absolute atomic E-state index is 13.3. The summed E-state index contributed by atoms with van der Waals surface area (Å²) in [6, 6.07) is 21.6. The van der Waals surface area contributed by atoms with Crippen LogP contribution in [0, 0.1) is 0 Å². The highest BCUT2D eigenvalue weighted by Crippen LogP contribution is 2.20. The summed E-state index contributed by atoms with van der Waals surface area (Å²) >= 11 is 5.92. The van der Waals surface area contributed by atoms with Crippen molar-refractivity contribution in [2.45, 2.75) is 31.1 Å². The molecule has 0 bridgehead atoms. The van der Waals surface area contributed by atoms with Crippen LogP contribution in [-0.2, 0) is 26.0 Å². The summed E-state index contributed by atoms with van der Waals surface area (Å²) in [5, 5.41) is 3.12. The van der Waals surface area contributed by atoms with Gasteiger partial charge < -0.3 is 10.1 Å². The van der Waals surface area contributed by atoms with Gasteiger partial charge in [0.05, 0.1) is 23.6 Å². The molecule has 0 spiro atoms. The van der Waals surface area contributed by atoms with E-state index in [1.807, 2.05) is 37.3 Å². The Morgan fingerprint density at radius 2 is 1.61 bits per heavy atom. The molecule has 3 rings (SSSR count). The van der Waals surface area contributed by atoms with Crippen LogP contribution in [0.5, 0.6) is 0 Å². The van der Waals surface area contributed by atoms with Gasteiger partial charge in [-0.25, -0.2) is 13.2 Å². The molecule has 190 valence electrons. The molecule has 0 fully saturated rings. The fourth-order valence-corrected chi connectivity index (χ4v) is 4.90. The average molecular weight is 529 g/mol. The van der Waals surface area contributed by atoms with Crippen molar-refractivity contribution in [3.8, 4) is 0 Å². The van der Waals surface area contributed by atoms with Crippen LogP contribution in [0.25, 0.3) is 0 Å². The molecule has 0 atom stereocenters. The number of benzene rings is 3. The molecule has 3 aromatic rings. The van der Waals surface area contributed by atoms with E-state index in [9.17, 15) is 18.0 Å². The van der Waals surface area contributed by atoms with Crippen molar-refractivity contribution in [3.05, 3.63) is 95.0 Å². The smallest absolute Gasteiger partial charge is 0.338 e. The number of nitrogens with one attached hydrogen (secondary N) is 1. The van der Waals surface area contributed by atoms with Crippen LogP contribution in [-0.4, -0.2) is 44.3 Å². The van der Waals surface area contributed by atoms with E-state index in [0.29, 0.717) is 29.3 Å². The van der Waals surface area contributed by atoms with Gasteiger partial charge in [0.25, 0.3) is 0 Å². The minimum atomic E-state index is -3.95. The number of anilines is 1. The minimum absolute atomic E-state index is 0.0544. The molecule has 0 unspecified atom stereocenters. The second-order valence-electron chi connectivity index (χ2n) is 8.14. The van der Waals surface area contributed by atoms with Crippen molar-refractivity contribution in [3.63, 3.8) is 0 Å². The highest BCUT2D eigenvalue weighted by Gasteiger charge is 2.26. The molecule has 1 amide bonds. The van der Waals surface area contributed by atoms with E-state index in [1.165, 1.54) is 24.3 Å². The van der Waals surface area contributed by atoms with Gasteiger partial charge in [0, 0.05) is 17.3 Å². The van der Waals surface area contributed by atoms with Crippen LogP contribution in [0.1, 0.15) is 35.7 Å². The molecule has 3 aromatic carbocycles. The first-order chi connectivity index (χ1) is 17.3. The Labute approximate surface area is 217 Å². The highest BCUT2D eigenvalue weighted by molar-refractivity contribution is 7.89. The monoisotopic (exact) mass is 528 g/mol. The average Bonchev–Trinajstić information content (AvgIpc) is 2.88. The van der Waals surface area contributed by atoms with Crippen LogP contribution < -0.4 is 5.32 Å². The van der Waals surface area contributed by atoms with Crippen molar-refractivity contribution in [2.75, 3.05) is 25.0 Å². The molecule has 1 N–H and O–H groups in total. The van der Waals surface area contributed by atoms with Crippen molar-refractivity contribution in [2.24, 2.45) is 0 Å². The number of hydrogen-bond acceptors (Lipinski definition) is 5. The van der Waals surface area contributed by atoms with E-state index >= 15 is 0 Å². The first kappa shape index (κ1) is 27.4. The van der Waals surface area contributed by atoms with Gasteiger partial charge >= 0.3 is 5.97 Å². The van der Waals surface area contributed by atoms with Gasteiger partial charge in [0.15, 0.2) is 0 Å². The number of nitrogens with zero attached hydrogens (tertiary/aromatic N) is 1. The fraction of sp³-hybridized carbons (Fsp3) is 0.259. The standard InChI is InChI=1S/C27H29ClN2O5S/c1-2-3-19-35-27(32)22-9-13-24(14-10-22)29-26(31)20-30(18-17-21-7-5-4-6-8-21)36(33,34)25-15-11-23(28)12-16-25/h4-16H,2-3,17-20H2,1H3,(H,29,31). The van der Waals surface area contributed by atoms with Crippen LogP contribution in [0.2, 0.25) is 5.02 Å². The molecule has 0 saturated carbocycles. The summed E-state index contributed by atoms with van der Waals surface area (Å²) in [5.41, 5.74) is 1.77. The fourth-order valence-electron chi connectivity index (χ4n) is 3.38. The van der Waals surface area contributed by atoms with Gasteiger partial charge in [-0.1, -0.05) is 55.3 Å². The number of halogens is 1. The summed E-state index contributed by atoms with van der Waals surface area (Å²) in [6.45, 7) is 2.10. The van der Waals surface area contributed by atoms with E-state index in [-0.39, 0.29) is 18.0 Å². The Kier molecular flexibility index (Phi) is 10.0. The van der Waals surface area contributed by atoms with E-state index < -0.39 is 21.9 Å². The SMILES string of the molecule is CCCCOC(=O)c1ccc(NC(=O)CN(CCc2ccccc2)S(=O)(=O)c2ccc(Cl)cc2)cc1. The third kappa shape index (κ3) is 7.91. The lowest BCUT2D eigenvalue weighted by atomic mass is 10.1. The Hall–Kier alpha value is -3.20. The highest BCUT2D eigenvalue weighted by atomic mass is 35.5. The van der Waals surface area contributed by atoms with Crippen molar-refractivity contribution in [1.29, 1.82) is 0 Å². The van der Waals surface area contributed by atoms with Gasteiger partial charge in [0.2, 0.25) is 15.9 Å². The Morgan fingerprint density at radius 1 is 0.944 bits per heavy atom. The lowest BCUT2D eigenvalue weighted by molar-refractivity contribution is -0.116. The first-order valence-electron chi connectivity index (χ1n) is 11.7. The Bertz CT molecular complexity index is 1250. The Morgan fingerprint density at radius 3 is 2.25 bits per heavy atom. The normalized spacial score (nSPS) is 11.3. The number of unbranched alkanes of at least 4 members (excludes halogenated alkanes) is 1. The molecule has 0 aliphatic heterocycles. The van der Waals surface area contributed by atoms with Gasteiger partial charge in [-0.15, -0.1) is 0 Å². The number of amides is 1. The van der Waals surface area contributed by atoms with Gasteiger partial charge in [0.1, 0.15) is 0 Å². The molecule has 36 heavy (non-hydrogen) atoms.